The number of amides is 1. The van der Waals surface area contributed by atoms with Crippen LogP contribution in [0.25, 0.3) is 0 Å². The Balaban J connectivity index is 1.56. The van der Waals surface area contributed by atoms with E-state index in [0.29, 0.717) is 11.3 Å². The summed E-state index contributed by atoms with van der Waals surface area (Å²) in [6.45, 7) is 8.85. The lowest BCUT2D eigenvalue weighted by atomic mass is 9.69. The summed E-state index contributed by atoms with van der Waals surface area (Å²) in [5.74, 6) is 1.35. The van der Waals surface area contributed by atoms with Gasteiger partial charge in [0.15, 0.2) is 0 Å². The van der Waals surface area contributed by atoms with E-state index in [9.17, 15) is 4.79 Å². The van der Waals surface area contributed by atoms with Crippen molar-refractivity contribution in [1.82, 2.24) is 10.6 Å². The molecule has 1 amide bonds. The van der Waals surface area contributed by atoms with Gasteiger partial charge in [-0.15, -0.1) is 0 Å². The van der Waals surface area contributed by atoms with Gasteiger partial charge in [-0.05, 0) is 62.8 Å². The summed E-state index contributed by atoms with van der Waals surface area (Å²) in [5, 5.41) is 6.60. The molecule has 0 radical (unpaired) electrons. The van der Waals surface area contributed by atoms with Gasteiger partial charge in [-0.3, -0.25) is 4.79 Å². The Morgan fingerprint density at radius 1 is 1.00 bits per heavy atom. The van der Waals surface area contributed by atoms with Gasteiger partial charge in [0.2, 0.25) is 5.91 Å². The van der Waals surface area contributed by atoms with Crippen molar-refractivity contribution in [2.45, 2.75) is 71.8 Å². The number of hydrogen-bond acceptors (Lipinski definition) is 2. The van der Waals surface area contributed by atoms with E-state index < -0.39 is 0 Å². The molecule has 0 aromatic rings. The Kier molecular flexibility index (Phi) is 5.48. The third-order valence-corrected chi connectivity index (χ3v) is 4.99. The fraction of sp³-hybridized carbons (Fsp3) is 0.941. The third kappa shape index (κ3) is 5.08. The molecule has 3 heteroatoms. The summed E-state index contributed by atoms with van der Waals surface area (Å²) in [6.07, 6.45) is 8.31. The summed E-state index contributed by atoms with van der Waals surface area (Å²) in [7, 11) is 0. The topological polar surface area (TPSA) is 41.1 Å². The van der Waals surface area contributed by atoms with Gasteiger partial charge in [-0.2, -0.15) is 0 Å². The highest BCUT2D eigenvalue weighted by atomic mass is 16.1. The fourth-order valence-corrected chi connectivity index (χ4v) is 3.26. The lowest BCUT2D eigenvalue weighted by molar-refractivity contribution is -0.126. The van der Waals surface area contributed by atoms with Crippen LogP contribution in [0.1, 0.15) is 65.7 Å². The predicted molar refractivity (Wildman–Crippen MR) is 83.6 cm³/mol. The quantitative estimate of drug-likeness (QED) is 0.734. The van der Waals surface area contributed by atoms with E-state index in [2.05, 4.69) is 31.4 Å². The second-order valence-corrected chi connectivity index (χ2v) is 7.79. The molecule has 0 aliphatic heterocycles. The highest BCUT2D eigenvalue weighted by Crippen LogP contribution is 2.39. The molecule has 2 fully saturated rings. The standard InChI is InChI=1S/C17H32N2O/c1-17(2,3)14-7-5-13(6-8-14)16(20)19-12-4-11-18-15-9-10-15/h13-15,18H,4-12H2,1-3H3,(H,19,20). The van der Waals surface area contributed by atoms with E-state index in [0.717, 1.165) is 44.3 Å². The molecular weight excluding hydrogens is 248 g/mol. The van der Waals surface area contributed by atoms with Crippen LogP contribution in [-0.4, -0.2) is 25.0 Å². The maximum absolute atomic E-state index is 12.1. The molecule has 0 aromatic carbocycles. The molecule has 2 saturated carbocycles. The largest absolute Gasteiger partial charge is 0.356 e. The van der Waals surface area contributed by atoms with E-state index in [1.807, 2.05) is 0 Å². The van der Waals surface area contributed by atoms with Crippen molar-refractivity contribution in [1.29, 1.82) is 0 Å². The van der Waals surface area contributed by atoms with Crippen molar-refractivity contribution in [2.24, 2.45) is 17.3 Å². The second-order valence-electron chi connectivity index (χ2n) is 7.79. The van der Waals surface area contributed by atoms with E-state index >= 15 is 0 Å². The Morgan fingerprint density at radius 3 is 2.20 bits per heavy atom. The fourth-order valence-electron chi connectivity index (χ4n) is 3.26. The van der Waals surface area contributed by atoms with Gasteiger partial charge in [-0.25, -0.2) is 0 Å². The van der Waals surface area contributed by atoms with Crippen LogP contribution in [0, 0.1) is 17.3 Å². The Labute approximate surface area is 124 Å². The summed E-state index contributed by atoms with van der Waals surface area (Å²) < 4.78 is 0. The zero-order valence-electron chi connectivity index (χ0n) is 13.5. The summed E-state index contributed by atoms with van der Waals surface area (Å²) in [6, 6.07) is 0.776. The first-order chi connectivity index (χ1) is 9.47. The van der Waals surface area contributed by atoms with E-state index in [1.165, 1.54) is 25.7 Å². The molecule has 0 atom stereocenters. The summed E-state index contributed by atoms with van der Waals surface area (Å²) in [5.41, 5.74) is 0.399. The first-order valence-corrected chi connectivity index (χ1v) is 8.48. The molecule has 0 spiro atoms. The van der Waals surface area contributed by atoms with Crippen LogP contribution in [0.2, 0.25) is 0 Å². The van der Waals surface area contributed by atoms with E-state index in [4.69, 9.17) is 0 Å². The summed E-state index contributed by atoms with van der Waals surface area (Å²) >= 11 is 0. The first-order valence-electron chi connectivity index (χ1n) is 8.48. The van der Waals surface area contributed by atoms with Crippen molar-refractivity contribution in [3.05, 3.63) is 0 Å². The smallest absolute Gasteiger partial charge is 0.223 e. The highest BCUT2D eigenvalue weighted by molar-refractivity contribution is 5.78. The minimum Gasteiger partial charge on any atom is -0.356 e. The maximum Gasteiger partial charge on any atom is 0.223 e. The van der Waals surface area contributed by atoms with Crippen LogP contribution in [0.5, 0.6) is 0 Å². The minimum atomic E-state index is 0.269. The molecule has 2 rings (SSSR count). The molecule has 116 valence electrons. The lowest BCUT2D eigenvalue weighted by Gasteiger charge is -2.36. The van der Waals surface area contributed by atoms with Crippen LogP contribution in [-0.2, 0) is 4.79 Å². The minimum absolute atomic E-state index is 0.269. The molecule has 0 bridgehead atoms. The van der Waals surface area contributed by atoms with Crippen LogP contribution >= 0.6 is 0 Å². The number of rotatable bonds is 6. The number of carbonyl (C=O) groups is 1. The highest BCUT2D eigenvalue weighted by Gasteiger charge is 2.32. The van der Waals surface area contributed by atoms with E-state index in [-0.39, 0.29) is 5.92 Å². The third-order valence-electron chi connectivity index (χ3n) is 4.99. The molecule has 2 aliphatic carbocycles. The summed E-state index contributed by atoms with van der Waals surface area (Å²) in [4.78, 5) is 12.1. The Morgan fingerprint density at radius 2 is 1.65 bits per heavy atom. The monoisotopic (exact) mass is 280 g/mol. The average Bonchev–Trinajstić information content (AvgIpc) is 3.21. The molecule has 0 aromatic heterocycles. The van der Waals surface area contributed by atoms with Crippen LogP contribution in [0.15, 0.2) is 0 Å². The predicted octanol–water partition coefficient (Wildman–Crippen LogP) is 3.10. The van der Waals surface area contributed by atoms with E-state index in [1.54, 1.807) is 0 Å². The molecule has 2 N–H and O–H groups in total. The van der Waals surface area contributed by atoms with Gasteiger partial charge in [0.05, 0.1) is 0 Å². The first kappa shape index (κ1) is 15.8. The van der Waals surface area contributed by atoms with Crippen molar-refractivity contribution in [3.8, 4) is 0 Å². The van der Waals surface area contributed by atoms with Crippen molar-refractivity contribution < 1.29 is 4.79 Å². The normalized spacial score (nSPS) is 27.4. The van der Waals surface area contributed by atoms with Crippen LogP contribution < -0.4 is 10.6 Å². The maximum atomic E-state index is 12.1. The van der Waals surface area contributed by atoms with Crippen LogP contribution in [0.4, 0.5) is 0 Å². The Hall–Kier alpha value is -0.570. The van der Waals surface area contributed by atoms with Gasteiger partial charge in [0.1, 0.15) is 0 Å². The van der Waals surface area contributed by atoms with Gasteiger partial charge in [0, 0.05) is 18.5 Å². The zero-order chi connectivity index (χ0) is 14.6. The molecule has 3 nitrogen and oxygen atoms in total. The van der Waals surface area contributed by atoms with Gasteiger partial charge in [0.25, 0.3) is 0 Å². The molecule has 2 aliphatic rings. The van der Waals surface area contributed by atoms with Crippen LogP contribution in [0.3, 0.4) is 0 Å². The number of hydrogen-bond donors (Lipinski definition) is 2. The molecule has 0 saturated heterocycles. The Bertz CT molecular complexity index is 309. The van der Waals surface area contributed by atoms with Crippen molar-refractivity contribution >= 4 is 5.91 Å². The second kappa shape index (κ2) is 6.93. The van der Waals surface area contributed by atoms with Crippen molar-refractivity contribution in [3.63, 3.8) is 0 Å². The van der Waals surface area contributed by atoms with Gasteiger partial charge < -0.3 is 10.6 Å². The average molecular weight is 280 g/mol. The van der Waals surface area contributed by atoms with Gasteiger partial charge >= 0.3 is 0 Å². The lowest BCUT2D eigenvalue weighted by Crippen LogP contribution is -2.36. The zero-order valence-corrected chi connectivity index (χ0v) is 13.5. The molecular formula is C17H32N2O. The number of nitrogens with one attached hydrogen (secondary N) is 2. The SMILES string of the molecule is CC(C)(C)C1CCC(C(=O)NCCCNC2CC2)CC1. The molecule has 0 heterocycles. The molecule has 20 heavy (non-hydrogen) atoms. The van der Waals surface area contributed by atoms with Crippen molar-refractivity contribution in [2.75, 3.05) is 13.1 Å². The van der Waals surface area contributed by atoms with Gasteiger partial charge in [-0.1, -0.05) is 20.8 Å². The number of carbonyl (C=O) groups excluding carboxylic acids is 1. The molecule has 0 unspecified atom stereocenters.